The van der Waals surface area contributed by atoms with Gasteiger partial charge in [-0.2, -0.15) is 4.31 Å². The average molecular weight is 503 g/mol. The lowest BCUT2D eigenvalue weighted by molar-refractivity contribution is 0.0701. The minimum absolute atomic E-state index is 0.125. The summed E-state index contributed by atoms with van der Waals surface area (Å²) in [6.07, 6.45) is 3.37. The predicted octanol–water partition coefficient (Wildman–Crippen LogP) is 4.06. The number of nitrogens with zero attached hydrogens (tertiary/aromatic N) is 4. The largest absolute Gasteiger partial charge is 0.443 e. The number of pyridine rings is 1. The highest BCUT2D eigenvalue weighted by Gasteiger charge is 2.33. The van der Waals surface area contributed by atoms with Gasteiger partial charge in [-0.1, -0.05) is 11.6 Å². The zero-order chi connectivity index (χ0) is 23.2. The zero-order valence-corrected chi connectivity index (χ0v) is 20.0. The molecule has 1 saturated heterocycles. The first-order valence-corrected chi connectivity index (χ1v) is 12.8. The maximum absolute atomic E-state index is 13.1. The van der Waals surface area contributed by atoms with E-state index in [9.17, 15) is 13.2 Å². The molecule has 1 aromatic carbocycles. The number of aryl methyl sites for hydroxylation is 1. The summed E-state index contributed by atoms with van der Waals surface area (Å²) >= 11 is 7.30. The van der Waals surface area contributed by atoms with Gasteiger partial charge in [-0.05, 0) is 31.2 Å². The number of halogens is 1. The second-order valence-corrected chi connectivity index (χ2v) is 10.9. The summed E-state index contributed by atoms with van der Waals surface area (Å²) in [4.78, 5) is 23.9. The van der Waals surface area contributed by atoms with Crippen molar-refractivity contribution in [3.05, 3.63) is 64.4 Å². The molecule has 33 heavy (non-hydrogen) atoms. The molecule has 0 atom stereocenters. The lowest BCUT2D eigenvalue weighted by Gasteiger charge is -2.33. The molecule has 3 aromatic heterocycles. The first-order valence-electron chi connectivity index (χ1n) is 10.2. The molecule has 0 spiro atoms. The molecule has 0 N–H and O–H groups in total. The van der Waals surface area contributed by atoms with Crippen molar-refractivity contribution >= 4 is 49.8 Å². The Morgan fingerprint density at radius 2 is 1.82 bits per heavy atom. The van der Waals surface area contributed by atoms with Crippen LogP contribution >= 0.6 is 22.9 Å². The van der Waals surface area contributed by atoms with Gasteiger partial charge in [-0.3, -0.25) is 9.78 Å². The van der Waals surface area contributed by atoms with Crippen molar-refractivity contribution in [3.63, 3.8) is 0 Å². The van der Waals surface area contributed by atoms with Gasteiger partial charge >= 0.3 is 0 Å². The molecule has 5 rings (SSSR count). The summed E-state index contributed by atoms with van der Waals surface area (Å²) in [5.74, 6) is -0.138. The summed E-state index contributed by atoms with van der Waals surface area (Å²) in [6.45, 7) is 2.74. The van der Waals surface area contributed by atoms with Gasteiger partial charge in [0, 0.05) is 66.7 Å². The third-order valence-corrected chi connectivity index (χ3v) is 8.68. The van der Waals surface area contributed by atoms with E-state index in [0.29, 0.717) is 26.6 Å². The standard InChI is InChI=1S/C22H19ClN4O4S2/c1-14-20(32-21(25-14)15-4-6-24-7-5-15)22(28)26-8-10-27(11-9-26)33(29,30)19-12-16-2-3-17(23)13-18(16)31-19/h2-7,12-13H,8-11H2,1H3. The van der Waals surface area contributed by atoms with Crippen LogP contribution in [0.5, 0.6) is 0 Å². The number of sulfonamides is 1. The van der Waals surface area contributed by atoms with Crippen LogP contribution in [-0.4, -0.2) is 59.7 Å². The monoisotopic (exact) mass is 502 g/mol. The number of thiazole rings is 1. The molecule has 0 unspecified atom stereocenters. The summed E-state index contributed by atoms with van der Waals surface area (Å²) in [5.41, 5.74) is 1.98. The number of furan rings is 1. The van der Waals surface area contributed by atoms with Gasteiger partial charge in [0.2, 0.25) is 5.09 Å². The Kier molecular flexibility index (Phi) is 5.69. The van der Waals surface area contributed by atoms with Crippen LogP contribution in [0.15, 0.2) is 58.3 Å². The predicted molar refractivity (Wildman–Crippen MR) is 126 cm³/mol. The van der Waals surface area contributed by atoms with E-state index in [1.807, 2.05) is 19.1 Å². The minimum Gasteiger partial charge on any atom is -0.443 e. The Bertz CT molecular complexity index is 1440. The second kappa shape index (κ2) is 8.53. The van der Waals surface area contributed by atoms with Crippen molar-refractivity contribution in [1.29, 1.82) is 0 Å². The first kappa shape index (κ1) is 22.0. The zero-order valence-electron chi connectivity index (χ0n) is 17.6. The number of hydrogen-bond donors (Lipinski definition) is 0. The smallest absolute Gasteiger partial charge is 0.276 e. The molecule has 1 aliphatic heterocycles. The van der Waals surface area contributed by atoms with Gasteiger partial charge in [-0.25, -0.2) is 13.4 Å². The average Bonchev–Trinajstić information content (AvgIpc) is 3.43. The Balaban J connectivity index is 1.30. The maximum Gasteiger partial charge on any atom is 0.276 e. The number of carbonyl (C=O) groups is 1. The van der Waals surface area contributed by atoms with Crippen molar-refractivity contribution < 1.29 is 17.6 Å². The highest BCUT2D eigenvalue weighted by Crippen LogP contribution is 2.30. The number of fused-ring (bicyclic) bond motifs is 1. The van der Waals surface area contributed by atoms with Gasteiger partial charge in [0.25, 0.3) is 15.9 Å². The van der Waals surface area contributed by atoms with Crippen LogP contribution in [0.4, 0.5) is 0 Å². The molecule has 1 fully saturated rings. The Labute approximate surface area is 199 Å². The number of piperazine rings is 1. The molecule has 8 nitrogen and oxygen atoms in total. The fourth-order valence-electron chi connectivity index (χ4n) is 3.72. The molecule has 0 radical (unpaired) electrons. The Morgan fingerprint density at radius 3 is 2.55 bits per heavy atom. The summed E-state index contributed by atoms with van der Waals surface area (Å²) < 4.78 is 33.1. The Morgan fingerprint density at radius 1 is 1.09 bits per heavy atom. The van der Waals surface area contributed by atoms with Crippen LogP contribution in [0.1, 0.15) is 15.4 Å². The summed E-state index contributed by atoms with van der Waals surface area (Å²) in [6, 6.07) is 10.2. The SMILES string of the molecule is Cc1nc(-c2ccncc2)sc1C(=O)N1CCN(S(=O)(=O)c2cc3ccc(Cl)cc3o2)CC1. The van der Waals surface area contributed by atoms with Crippen LogP contribution in [0.25, 0.3) is 21.5 Å². The molecule has 170 valence electrons. The van der Waals surface area contributed by atoms with Crippen molar-refractivity contribution in [2.45, 2.75) is 12.0 Å². The number of amides is 1. The molecule has 4 aromatic rings. The van der Waals surface area contributed by atoms with Gasteiger partial charge in [0.05, 0.1) is 5.69 Å². The van der Waals surface area contributed by atoms with Gasteiger partial charge in [-0.15, -0.1) is 11.3 Å². The van der Waals surface area contributed by atoms with Crippen molar-refractivity contribution in [1.82, 2.24) is 19.2 Å². The molecule has 0 aliphatic carbocycles. The fourth-order valence-corrected chi connectivity index (χ4v) is 6.29. The molecule has 0 saturated carbocycles. The van der Waals surface area contributed by atoms with Crippen molar-refractivity contribution in [2.75, 3.05) is 26.2 Å². The van der Waals surface area contributed by atoms with Crippen LogP contribution in [0, 0.1) is 6.92 Å². The highest BCUT2D eigenvalue weighted by molar-refractivity contribution is 7.89. The highest BCUT2D eigenvalue weighted by atomic mass is 35.5. The van der Waals surface area contributed by atoms with E-state index < -0.39 is 10.0 Å². The lowest BCUT2D eigenvalue weighted by Crippen LogP contribution is -2.50. The van der Waals surface area contributed by atoms with Crippen LogP contribution < -0.4 is 0 Å². The number of aromatic nitrogens is 2. The van der Waals surface area contributed by atoms with Crippen LogP contribution in [-0.2, 0) is 10.0 Å². The lowest BCUT2D eigenvalue weighted by atomic mass is 10.3. The van der Waals surface area contributed by atoms with E-state index >= 15 is 0 Å². The molecule has 1 amide bonds. The van der Waals surface area contributed by atoms with Crippen molar-refractivity contribution in [3.8, 4) is 10.6 Å². The van der Waals surface area contributed by atoms with E-state index in [1.54, 1.807) is 35.5 Å². The Hall–Kier alpha value is -2.79. The molecular formula is C22H19ClN4O4S2. The second-order valence-electron chi connectivity index (χ2n) is 7.61. The van der Waals surface area contributed by atoms with Gasteiger partial charge in [0.1, 0.15) is 15.5 Å². The van der Waals surface area contributed by atoms with Crippen molar-refractivity contribution in [2.24, 2.45) is 0 Å². The molecule has 1 aliphatic rings. The van der Waals surface area contributed by atoms with E-state index in [1.165, 1.54) is 21.7 Å². The van der Waals surface area contributed by atoms with Gasteiger partial charge in [0.15, 0.2) is 0 Å². The number of benzene rings is 1. The van der Waals surface area contributed by atoms with Gasteiger partial charge < -0.3 is 9.32 Å². The van der Waals surface area contributed by atoms with E-state index in [-0.39, 0.29) is 37.2 Å². The summed E-state index contributed by atoms with van der Waals surface area (Å²) in [5, 5.41) is 1.76. The number of carbonyl (C=O) groups excluding carboxylic acids is 1. The molecule has 4 heterocycles. The number of rotatable bonds is 4. The third kappa shape index (κ3) is 4.15. The topological polar surface area (TPSA) is 96.6 Å². The van der Waals surface area contributed by atoms with E-state index in [2.05, 4.69) is 9.97 Å². The molecular weight excluding hydrogens is 484 g/mol. The quantitative estimate of drug-likeness (QED) is 0.417. The third-order valence-electron chi connectivity index (χ3n) is 5.50. The van der Waals surface area contributed by atoms with E-state index in [4.69, 9.17) is 16.0 Å². The van der Waals surface area contributed by atoms with Crippen LogP contribution in [0.2, 0.25) is 5.02 Å². The summed E-state index contributed by atoms with van der Waals surface area (Å²) in [7, 11) is -3.82. The molecule has 0 bridgehead atoms. The first-order chi connectivity index (χ1) is 15.8. The van der Waals surface area contributed by atoms with Crippen LogP contribution in [0.3, 0.4) is 0 Å². The fraction of sp³-hybridized carbons (Fsp3) is 0.227. The maximum atomic E-state index is 13.1. The normalized spacial score (nSPS) is 15.3. The minimum atomic E-state index is -3.82. The number of hydrogen-bond acceptors (Lipinski definition) is 7. The molecule has 11 heteroatoms. The van der Waals surface area contributed by atoms with E-state index in [0.717, 1.165) is 10.6 Å².